The van der Waals surface area contributed by atoms with Gasteiger partial charge >= 0.3 is 0 Å². The van der Waals surface area contributed by atoms with Crippen LogP contribution in [0.15, 0.2) is 0 Å². The lowest BCUT2D eigenvalue weighted by Crippen LogP contribution is -2.36. The molecule has 0 aromatic carbocycles. The van der Waals surface area contributed by atoms with Gasteiger partial charge in [-0.25, -0.2) is 0 Å². The van der Waals surface area contributed by atoms with E-state index in [0.717, 1.165) is 32.2 Å². The molecule has 0 amide bonds. The van der Waals surface area contributed by atoms with Gasteiger partial charge in [0.2, 0.25) is 0 Å². The van der Waals surface area contributed by atoms with Gasteiger partial charge in [0.25, 0.3) is 0 Å². The monoisotopic (exact) mass is 177 g/mol. The predicted molar refractivity (Wildman–Crippen MR) is 48.2 cm³/mol. The first-order valence-electron chi connectivity index (χ1n) is 3.81. The first kappa shape index (κ1) is 10.9. The quantitative estimate of drug-likeness (QED) is 0.564. The summed E-state index contributed by atoms with van der Waals surface area (Å²) in [5.74, 6) is 0. The molecule has 0 aromatic heterocycles. The zero-order valence-corrected chi connectivity index (χ0v) is 7.99. The van der Waals surface area contributed by atoms with Gasteiger partial charge < -0.3 is 9.69 Å². The first-order valence-corrected chi connectivity index (χ1v) is 3.81. The summed E-state index contributed by atoms with van der Waals surface area (Å²) in [5.41, 5.74) is -0.0213. The van der Waals surface area contributed by atoms with Gasteiger partial charge in [0, 0.05) is 5.41 Å². The average molecular weight is 178 g/mol. The van der Waals surface area contributed by atoms with Crippen LogP contribution in [0.4, 0.5) is 0 Å². The van der Waals surface area contributed by atoms with E-state index in [-0.39, 0.29) is 17.8 Å². The second-order valence-corrected chi connectivity index (χ2v) is 3.58. The van der Waals surface area contributed by atoms with Crippen molar-refractivity contribution in [2.75, 3.05) is 20.1 Å². The molecule has 1 heterocycles. The Labute approximate surface area is 74.4 Å². The van der Waals surface area contributed by atoms with Crippen LogP contribution in [0.5, 0.6) is 0 Å². The Hall–Kier alpha value is -0.0800. The molecule has 1 saturated heterocycles. The lowest BCUT2D eigenvalue weighted by Gasteiger charge is -2.33. The molecule has 1 aliphatic heterocycles. The third kappa shape index (κ3) is 2.80. The van der Waals surface area contributed by atoms with Gasteiger partial charge in [0.15, 0.2) is 0 Å². The number of halogens is 1. The first-order chi connectivity index (χ1) is 4.66. The number of piperidine rings is 1. The number of hydrogen-bond acceptors (Lipinski definition) is 2. The van der Waals surface area contributed by atoms with Gasteiger partial charge in [-0.3, -0.25) is 0 Å². The minimum Gasteiger partial charge on any atom is -0.306 e. The molecule has 0 radical (unpaired) electrons. The van der Waals surface area contributed by atoms with Crippen molar-refractivity contribution in [2.24, 2.45) is 5.41 Å². The third-order valence-corrected chi connectivity index (χ3v) is 2.41. The summed E-state index contributed by atoms with van der Waals surface area (Å²) in [6.45, 7) is 4.18. The van der Waals surface area contributed by atoms with Crippen LogP contribution >= 0.6 is 12.4 Å². The number of hydrogen-bond donors (Lipinski definition) is 0. The van der Waals surface area contributed by atoms with Crippen LogP contribution in [0.1, 0.15) is 19.8 Å². The van der Waals surface area contributed by atoms with Crippen molar-refractivity contribution in [2.45, 2.75) is 19.8 Å². The van der Waals surface area contributed by atoms with Gasteiger partial charge in [-0.15, -0.1) is 12.4 Å². The molecule has 2 nitrogen and oxygen atoms in total. The summed E-state index contributed by atoms with van der Waals surface area (Å²) < 4.78 is 0. The number of carbonyl (C=O) groups is 1. The number of aldehydes is 1. The molecule has 3 heteroatoms. The molecule has 66 valence electrons. The summed E-state index contributed by atoms with van der Waals surface area (Å²) in [5, 5.41) is 0. The van der Waals surface area contributed by atoms with Crippen LogP contribution < -0.4 is 0 Å². The topological polar surface area (TPSA) is 20.3 Å². The molecule has 0 bridgehead atoms. The molecule has 0 unspecified atom stereocenters. The maximum Gasteiger partial charge on any atom is 0.125 e. The van der Waals surface area contributed by atoms with Crippen LogP contribution in [-0.4, -0.2) is 31.3 Å². The molecule has 0 spiro atoms. The van der Waals surface area contributed by atoms with E-state index in [1.165, 1.54) is 0 Å². The van der Waals surface area contributed by atoms with Crippen LogP contribution in [0.3, 0.4) is 0 Å². The molecule has 0 atom stereocenters. The van der Waals surface area contributed by atoms with Crippen molar-refractivity contribution in [3.8, 4) is 0 Å². The summed E-state index contributed by atoms with van der Waals surface area (Å²) in [4.78, 5) is 12.8. The van der Waals surface area contributed by atoms with E-state index in [4.69, 9.17) is 0 Å². The van der Waals surface area contributed by atoms with E-state index in [1.807, 2.05) is 6.92 Å². The molecule has 1 rings (SSSR count). The Morgan fingerprint density at radius 1 is 1.36 bits per heavy atom. The third-order valence-electron chi connectivity index (χ3n) is 2.41. The number of rotatable bonds is 1. The standard InChI is InChI=1S/C8H15NO.ClH/c1-8(7-10)3-5-9(2)6-4-8;/h7H,3-6H2,1-2H3;1H. The van der Waals surface area contributed by atoms with Crippen LogP contribution in [0.25, 0.3) is 0 Å². The zero-order chi connectivity index (χ0) is 7.61. The highest BCUT2D eigenvalue weighted by Gasteiger charge is 2.27. The molecule has 0 saturated carbocycles. The Morgan fingerprint density at radius 2 is 1.82 bits per heavy atom. The van der Waals surface area contributed by atoms with Gasteiger partial charge in [-0.1, -0.05) is 6.92 Å². The van der Waals surface area contributed by atoms with Gasteiger partial charge in [0.1, 0.15) is 6.29 Å². The van der Waals surface area contributed by atoms with Crippen molar-refractivity contribution in [3.05, 3.63) is 0 Å². The van der Waals surface area contributed by atoms with Crippen molar-refractivity contribution >= 4 is 18.7 Å². The van der Waals surface area contributed by atoms with Crippen molar-refractivity contribution in [1.82, 2.24) is 4.90 Å². The second-order valence-electron chi connectivity index (χ2n) is 3.58. The lowest BCUT2D eigenvalue weighted by molar-refractivity contribution is -0.117. The average Bonchev–Trinajstić information content (AvgIpc) is 1.96. The summed E-state index contributed by atoms with van der Waals surface area (Å²) in [6, 6.07) is 0. The number of likely N-dealkylation sites (tertiary alicyclic amines) is 1. The summed E-state index contributed by atoms with van der Waals surface area (Å²) in [7, 11) is 2.10. The maximum atomic E-state index is 10.6. The second kappa shape index (κ2) is 4.07. The fourth-order valence-electron chi connectivity index (χ4n) is 1.25. The van der Waals surface area contributed by atoms with Gasteiger partial charge in [-0.05, 0) is 33.0 Å². The highest BCUT2D eigenvalue weighted by molar-refractivity contribution is 5.85. The summed E-state index contributed by atoms with van der Waals surface area (Å²) in [6.07, 6.45) is 3.15. The molecular weight excluding hydrogens is 162 g/mol. The van der Waals surface area contributed by atoms with E-state index in [0.29, 0.717) is 0 Å². The highest BCUT2D eigenvalue weighted by atomic mass is 35.5. The largest absolute Gasteiger partial charge is 0.306 e. The Morgan fingerprint density at radius 3 is 2.18 bits per heavy atom. The molecular formula is C8H16ClNO. The highest BCUT2D eigenvalue weighted by Crippen LogP contribution is 2.27. The lowest BCUT2D eigenvalue weighted by atomic mass is 9.82. The SMILES string of the molecule is CN1CCC(C)(C=O)CC1.Cl. The van der Waals surface area contributed by atoms with E-state index in [9.17, 15) is 4.79 Å². The number of carbonyl (C=O) groups excluding carboxylic acids is 1. The van der Waals surface area contributed by atoms with Gasteiger partial charge in [0.05, 0.1) is 0 Å². The van der Waals surface area contributed by atoms with Crippen molar-refractivity contribution in [3.63, 3.8) is 0 Å². The molecule has 1 aliphatic rings. The van der Waals surface area contributed by atoms with Crippen LogP contribution in [0, 0.1) is 5.41 Å². The smallest absolute Gasteiger partial charge is 0.125 e. The van der Waals surface area contributed by atoms with E-state index in [1.54, 1.807) is 0 Å². The van der Waals surface area contributed by atoms with Crippen molar-refractivity contribution in [1.29, 1.82) is 0 Å². The van der Waals surface area contributed by atoms with Crippen molar-refractivity contribution < 1.29 is 4.79 Å². The maximum absolute atomic E-state index is 10.6. The number of nitrogens with zero attached hydrogens (tertiary/aromatic N) is 1. The summed E-state index contributed by atoms with van der Waals surface area (Å²) >= 11 is 0. The van der Waals surface area contributed by atoms with E-state index < -0.39 is 0 Å². The predicted octanol–water partition coefficient (Wildman–Crippen LogP) is 1.34. The molecule has 11 heavy (non-hydrogen) atoms. The molecule has 0 aliphatic carbocycles. The Kier molecular flexibility index (Phi) is 4.04. The molecule has 1 fully saturated rings. The fourth-order valence-corrected chi connectivity index (χ4v) is 1.25. The van der Waals surface area contributed by atoms with E-state index in [2.05, 4.69) is 11.9 Å². The Balaban J connectivity index is 0.000001000. The minimum atomic E-state index is -0.0213. The minimum absolute atomic E-state index is 0. The van der Waals surface area contributed by atoms with E-state index >= 15 is 0 Å². The zero-order valence-electron chi connectivity index (χ0n) is 7.17. The molecule has 0 aromatic rings. The van der Waals surface area contributed by atoms with Crippen LogP contribution in [-0.2, 0) is 4.79 Å². The normalized spacial score (nSPS) is 23.8. The van der Waals surface area contributed by atoms with Gasteiger partial charge in [-0.2, -0.15) is 0 Å². The fraction of sp³-hybridized carbons (Fsp3) is 0.875. The molecule has 0 N–H and O–H groups in total. The Bertz CT molecular complexity index is 130. The van der Waals surface area contributed by atoms with Crippen LogP contribution in [0.2, 0.25) is 0 Å².